The number of anilines is 2. The average molecular weight is 341 g/mol. The Morgan fingerprint density at radius 2 is 1.86 bits per heavy atom. The Labute approximate surface area is 139 Å². The molecule has 0 aliphatic rings. The van der Waals surface area contributed by atoms with E-state index in [9.17, 15) is 0 Å². The molecule has 110 valence electrons. The van der Waals surface area contributed by atoms with Crippen LogP contribution in [0.25, 0.3) is 0 Å². The number of hydrogen-bond donors (Lipinski definition) is 2. The summed E-state index contributed by atoms with van der Waals surface area (Å²) in [4.78, 5) is 0.287. The minimum Gasteiger partial charge on any atom is -0.497 e. The molecule has 0 fully saturated rings. The summed E-state index contributed by atoms with van der Waals surface area (Å²) < 4.78 is 5.22. The van der Waals surface area contributed by atoms with Crippen LogP contribution in [0, 0.1) is 6.92 Å². The summed E-state index contributed by atoms with van der Waals surface area (Å²) in [6.45, 7) is 1.89. The molecule has 0 amide bonds. The summed E-state index contributed by atoms with van der Waals surface area (Å²) in [5.74, 6) is 0.687. The summed E-state index contributed by atoms with van der Waals surface area (Å²) in [6, 6.07) is 8.96. The lowest BCUT2D eigenvalue weighted by Crippen LogP contribution is -2.12. The number of thiocarbonyl (C=S) groups is 1. The molecule has 3 N–H and O–H groups in total. The fourth-order valence-corrected chi connectivity index (χ4v) is 2.46. The van der Waals surface area contributed by atoms with Crippen LogP contribution in [0.4, 0.5) is 11.4 Å². The molecule has 0 unspecified atom stereocenters. The number of hydrogen-bond acceptors (Lipinski definition) is 3. The number of nitrogens with two attached hydrogens (primary N) is 1. The molecule has 0 atom stereocenters. The van der Waals surface area contributed by atoms with E-state index in [1.165, 1.54) is 0 Å². The standard InChI is InChI=1S/C15H14Cl2N2OS/c1-8-5-12(17)14(7-11(8)16)19-13-6-9(20-2)3-4-10(13)15(18)21/h3-7,19H,1-2H3,(H2,18,21). The van der Waals surface area contributed by atoms with E-state index in [1.54, 1.807) is 37.4 Å². The molecule has 0 aromatic heterocycles. The van der Waals surface area contributed by atoms with Crippen molar-refractivity contribution in [2.24, 2.45) is 5.73 Å². The van der Waals surface area contributed by atoms with Gasteiger partial charge in [-0.15, -0.1) is 0 Å². The lowest BCUT2D eigenvalue weighted by Gasteiger charge is -2.15. The van der Waals surface area contributed by atoms with Gasteiger partial charge in [-0.1, -0.05) is 35.4 Å². The minimum atomic E-state index is 0.287. The van der Waals surface area contributed by atoms with Gasteiger partial charge >= 0.3 is 0 Å². The van der Waals surface area contributed by atoms with Gasteiger partial charge in [0.1, 0.15) is 10.7 Å². The Kier molecular flexibility index (Phi) is 4.93. The molecule has 6 heteroatoms. The van der Waals surface area contributed by atoms with Crippen LogP contribution in [-0.2, 0) is 0 Å². The van der Waals surface area contributed by atoms with Gasteiger partial charge in [-0.05, 0) is 36.8 Å². The number of ether oxygens (including phenoxy) is 1. The largest absolute Gasteiger partial charge is 0.497 e. The maximum atomic E-state index is 6.24. The Morgan fingerprint density at radius 1 is 1.14 bits per heavy atom. The molecule has 0 radical (unpaired) electrons. The number of benzene rings is 2. The number of methoxy groups -OCH3 is 1. The first-order chi connectivity index (χ1) is 9.92. The lowest BCUT2D eigenvalue weighted by molar-refractivity contribution is 0.415. The zero-order valence-electron chi connectivity index (χ0n) is 11.5. The third-order valence-corrected chi connectivity index (χ3v) is 3.95. The van der Waals surface area contributed by atoms with Crippen molar-refractivity contribution in [3.63, 3.8) is 0 Å². The second kappa shape index (κ2) is 6.52. The first-order valence-electron chi connectivity index (χ1n) is 6.13. The highest BCUT2D eigenvalue weighted by Crippen LogP contribution is 2.33. The van der Waals surface area contributed by atoms with Crippen LogP contribution in [0.5, 0.6) is 5.75 Å². The highest BCUT2D eigenvalue weighted by Gasteiger charge is 2.10. The molecule has 0 heterocycles. The molecule has 0 aliphatic carbocycles. The zero-order valence-corrected chi connectivity index (χ0v) is 13.9. The molecule has 0 spiro atoms. The smallest absolute Gasteiger partial charge is 0.120 e. The van der Waals surface area contributed by atoms with Gasteiger partial charge < -0.3 is 15.8 Å². The summed E-state index contributed by atoms with van der Waals surface area (Å²) >= 11 is 17.4. The van der Waals surface area contributed by atoms with Crippen molar-refractivity contribution in [3.05, 3.63) is 51.5 Å². The third kappa shape index (κ3) is 3.59. The van der Waals surface area contributed by atoms with E-state index in [1.807, 2.05) is 6.92 Å². The quantitative estimate of drug-likeness (QED) is 0.792. The highest BCUT2D eigenvalue weighted by atomic mass is 35.5. The van der Waals surface area contributed by atoms with Crippen LogP contribution in [0.2, 0.25) is 10.0 Å². The van der Waals surface area contributed by atoms with Crippen LogP contribution >= 0.6 is 35.4 Å². The second-order valence-corrected chi connectivity index (χ2v) is 5.74. The van der Waals surface area contributed by atoms with Crippen LogP contribution in [-0.4, -0.2) is 12.1 Å². The van der Waals surface area contributed by atoms with Gasteiger partial charge in [-0.3, -0.25) is 0 Å². The van der Waals surface area contributed by atoms with Crippen LogP contribution in [0.3, 0.4) is 0 Å². The predicted molar refractivity (Wildman–Crippen MR) is 93.4 cm³/mol. The van der Waals surface area contributed by atoms with E-state index in [0.717, 1.165) is 5.56 Å². The van der Waals surface area contributed by atoms with Crippen LogP contribution < -0.4 is 15.8 Å². The topological polar surface area (TPSA) is 47.3 Å². The first kappa shape index (κ1) is 15.9. The normalized spacial score (nSPS) is 10.3. The fraction of sp³-hybridized carbons (Fsp3) is 0.133. The van der Waals surface area contributed by atoms with E-state index in [2.05, 4.69) is 5.32 Å². The number of rotatable bonds is 4. The first-order valence-corrected chi connectivity index (χ1v) is 7.29. The molecule has 2 aromatic carbocycles. The van der Waals surface area contributed by atoms with Gasteiger partial charge in [0.05, 0.1) is 23.5 Å². The maximum absolute atomic E-state index is 6.24. The lowest BCUT2D eigenvalue weighted by atomic mass is 10.1. The monoisotopic (exact) mass is 340 g/mol. The summed E-state index contributed by atoms with van der Waals surface area (Å²) in [5, 5.41) is 4.39. The van der Waals surface area contributed by atoms with Gasteiger partial charge in [0.25, 0.3) is 0 Å². The second-order valence-electron chi connectivity index (χ2n) is 4.48. The van der Waals surface area contributed by atoms with Gasteiger partial charge in [-0.2, -0.15) is 0 Å². The zero-order chi connectivity index (χ0) is 15.6. The molecule has 0 aliphatic heterocycles. The van der Waals surface area contributed by atoms with Crippen molar-refractivity contribution in [2.75, 3.05) is 12.4 Å². The summed E-state index contributed by atoms with van der Waals surface area (Å²) in [7, 11) is 1.59. The van der Waals surface area contributed by atoms with Crippen molar-refractivity contribution in [1.82, 2.24) is 0 Å². The fourth-order valence-electron chi connectivity index (χ4n) is 1.86. The molecular weight excluding hydrogens is 327 g/mol. The van der Waals surface area contributed by atoms with Crippen molar-refractivity contribution in [1.29, 1.82) is 0 Å². The van der Waals surface area contributed by atoms with E-state index in [4.69, 9.17) is 45.9 Å². The van der Waals surface area contributed by atoms with Gasteiger partial charge in [0.15, 0.2) is 0 Å². The molecule has 0 saturated heterocycles. The SMILES string of the molecule is COc1ccc(C(N)=S)c(Nc2cc(Cl)c(C)cc2Cl)c1. The van der Waals surface area contributed by atoms with E-state index in [0.29, 0.717) is 32.7 Å². The molecule has 0 saturated carbocycles. The van der Waals surface area contributed by atoms with Crippen molar-refractivity contribution in [3.8, 4) is 5.75 Å². The van der Waals surface area contributed by atoms with Gasteiger partial charge in [0, 0.05) is 16.7 Å². The third-order valence-electron chi connectivity index (χ3n) is 3.01. The van der Waals surface area contributed by atoms with Gasteiger partial charge in [-0.25, -0.2) is 0 Å². The number of aryl methyl sites for hydroxylation is 1. The average Bonchev–Trinajstić information content (AvgIpc) is 2.44. The van der Waals surface area contributed by atoms with Gasteiger partial charge in [0.2, 0.25) is 0 Å². The van der Waals surface area contributed by atoms with E-state index >= 15 is 0 Å². The Bertz CT molecular complexity index is 704. The summed E-state index contributed by atoms with van der Waals surface area (Å²) in [6.07, 6.45) is 0. The molecule has 2 rings (SSSR count). The molecular formula is C15H14Cl2N2OS. The van der Waals surface area contributed by atoms with Crippen LogP contribution in [0.15, 0.2) is 30.3 Å². The van der Waals surface area contributed by atoms with Crippen LogP contribution in [0.1, 0.15) is 11.1 Å². The summed E-state index contributed by atoms with van der Waals surface area (Å²) in [5.41, 5.74) is 8.75. The predicted octanol–water partition coefficient (Wildman–Crippen LogP) is 4.69. The number of halogens is 2. The van der Waals surface area contributed by atoms with Crippen molar-refractivity contribution < 1.29 is 4.74 Å². The highest BCUT2D eigenvalue weighted by molar-refractivity contribution is 7.80. The number of nitrogens with one attached hydrogen (secondary N) is 1. The van der Waals surface area contributed by atoms with Crippen molar-refractivity contribution in [2.45, 2.75) is 6.92 Å². The van der Waals surface area contributed by atoms with E-state index < -0.39 is 0 Å². The Balaban J connectivity index is 2.47. The minimum absolute atomic E-state index is 0.287. The molecule has 21 heavy (non-hydrogen) atoms. The van der Waals surface area contributed by atoms with Crippen molar-refractivity contribution >= 4 is 51.8 Å². The van der Waals surface area contributed by atoms with E-state index in [-0.39, 0.29) is 4.99 Å². The molecule has 0 bridgehead atoms. The Morgan fingerprint density at radius 3 is 2.48 bits per heavy atom. The molecule has 3 nitrogen and oxygen atoms in total. The Hall–Kier alpha value is -1.49. The molecule has 2 aromatic rings. The maximum Gasteiger partial charge on any atom is 0.120 e.